The summed E-state index contributed by atoms with van der Waals surface area (Å²) in [6.07, 6.45) is 7.63. The van der Waals surface area contributed by atoms with Crippen molar-refractivity contribution in [3.05, 3.63) is 0 Å². The maximum Gasteiger partial charge on any atom is 0.317 e. The van der Waals surface area contributed by atoms with Gasteiger partial charge in [0.05, 0.1) is 6.61 Å². The van der Waals surface area contributed by atoms with Crippen LogP contribution in [0.5, 0.6) is 0 Å². The Hall–Kier alpha value is -0.770. The van der Waals surface area contributed by atoms with E-state index in [1.165, 1.54) is 25.7 Å². The lowest BCUT2D eigenvalue weighted by molar-refractivity contribution is 0.163. The van der Waals surface area contributed by atoms with Crippen LogP contribution in [-0.2, 0) is 0 Å². The largest absolute Gasteiger partial charge is 0.395 e. The van der Waals surface area contributed by atoms with Crippen LogP contribution in [0.1, 0.15) is 45.4 Å². The molecule has 4 unspecified atom stereocenters. The van der Waals surface area contributed by atoms with Gasteiger partial charge in [0.1, 0.15) is 0 Å². The van der Waals surface area contributed by atoms with Gasteiger partial charge < -0.3 is 15.3 Å². The number of hydrogen-bond donors (Lipinski definition) is 2. The molecule has 2 N–H and O–H groups in total. The summed E-state index contributed by atoms with van der Waals surface area (Å²) in [7, 11) is 0. The van der Waals surface area contributed by atoms with Gasteiger partial charge in [-0.1, -0.05) is 6.42 Å². The normalized spacial score (nSPS) is 34.3. The molecule has 0 radical (unpaired) electrons. The molecule has 3 rings (SSSR count). The Balaban J connectivity index is 1.53. The molecule has 0 saturated heterocycles. The summed E-state index contributed by atoms with van der Waals surface area (Å²) >= 11 is 0. The molecule has 3 aliphatic rings. The minimum Gasteiger partial charge on any atom is -0.395 e. The monoisotopic (exact) mass is 266 g/mol. The van der Waals surface area contributed by atoms with Crippen molar-refractivity contribution in [1.29, 1.82) is 0 Å². The molecule has 0 spiro atoms. The van der Waals surface area contributed by atoms with E-state index in [0.29, 0.717) is 18.5 Å². The highest BCUT2D eigenvalue weighted by Crippen LogP contribution is 2.49. The molecule has 2 amide bonds. The van der Waals surface area contributed by atoms with Gasteiger partial charge in [-0.25, -0.2) is 4.79 Å². The minimum atomic E-state index is 0.0341. The van der Waals surface area contributed by atoms with Crippen molar-refractivity contribution in [3.63, 3.8) is 0 Å². The highest BCUT2D eigenvalue weighted by molar-refractivity contribution is 5.75. The molecule has 4 nitrogen and oxygen atoms in total. The zero-order valence-electron chi connectivity index (χ0n) is 11.8. The summed E-state index contributed by atoms with van der Waals surface area (Å²) in [5, 5.41) is 12.3. The highest BCUT2D eigenvalue weighted by Gasteiger charge is 2.42. The van der Waals surface area contributed by atoms with Gasteiger partial charge in [-0.05, 0) is 56.8 Å². The van der Waals surface area contributed by atoms with E-state index in [-0.39, 0.29) is 18.7 Å². The predicted octanol–water partition coefficient (Wildman–Crippen LogP) is 1.98. The molecule has 0 aromatic rings. The number of carbonyl (C=O) groups excluding carboxylic acids is 1. The molecule has 0 heterocycles. The van der Waals surface area contributed by atoms with Gasteiger partial charge in [-0.15, -0.1) is 0 Å². The molecule has 3 aliphatic carbocycles. The minimum absolute atomic E-state index is 0.0341. The zero-order chi connectivity index (χ0) is 13.4. The van der Waals surface area contributed by atoms with Crippen LogP contribution in [0.2, 0.25) is 0 Å². The van der Waals surface area contributed by atoms with Crippen LogP contribution < -0.4 is 5.32 Å². The van der Waals surface area contributed by atoms with Crippen molar-refractivity contribution in [1.82, 2.24) is 10.2 Å². The Morgan fingerprint density at radius 2 is 2.11 bits per heavy atom. The van der Waals surface area contributed by atoms with Gasteiger partial charge in [0.15, 0.2) is 0 Å². The molecule has 0 aromatic carbocycles. The van der Waals surface area contributed by atoms with Crippen LogP contribution in [0.15, 0.2) is 0 Å². The molecule has 3 saturated carbocycles. The van der Waals surface area contributed by atoms with E-state index in [1.807, 2.05) is 4.90 Å². The van der Waals surface area contributed by atoms with Crippen molar-refractivity contribution < 1.29 is 9.90 Å². The van der Waals surface area contributed by atoms with Crippen LogP contribution in [0.3, 0.4) is 0 Å². The lowest BCUT2D eigenvalue weighted by Crippen LogP contribution is -2.48. The van der Waals surface area contributed by atoms with Crippen molar-refractivity contribution in [2.24, 2.45) is 17.8 Å². The molecule has 4 heteroatoms. The molecule has 0 aliphatic heterocycles. The molecule has 108 valence electrons. The number of nitrogens with one attached hydrogen (secondary N) is 1. The summed E-state index contributed by atoms with van der Waals surface area (Å²) in [6, 6.07) is 0.689. The molecule has 19 heavy (non-hydrogen) atoms. The van der Waals surface area contributed by atoms with Gasteiger partial charge in [-0.3, -0.25) is 0 Å². The van der Waals surface area contributed by atoms with Crippen molar-refractivity contribution in [2.45, 2.75) is 57.5 Å². The van der Waals surface area contributed by atoms with E-state index in [9.17, 15) is 4.79 Å². The maximum absolute atomic E-state index is 12.3. The number of fused-ring (bicyclic) bond motifs is 2. The first-order chi connectivity index (χ1) is 9.19. The van der Waals surface area contributed by atoms with E-state index in [4.69, 9.17) is 5.11 Å². The Morgan fingerprint density at radius 1 is 1.32 bits per heavy atom. The second-order valence-corrected chi connectivity index (χ2v) is 6.73. The summed E-state index contributed by atoms with van der Waals surface area (Å²) in [4.78, 5) is 14.1. The van der Waals surface area contributed by atoms with Crippen LogP contribution in [0.4, 0.5) is 4.79 Å². The average molecular weight is 266 g/mol. The summed E-state index contributed by atoms with van der Waals surface area (Å²) < 4.78 is 0. The number of aliphatic hydroxyl groups excluding tert-OH is 1. The molecule has 4 atom stereocenters. The van der Waals surface area contributed by atoms with Crippen LogP contribution in [0, 0.1) is 17.8 Å². The highest BCUT2D eigenvalue weighted by atomic mass is 16.3. The van der Waals surface area contributed by atoms with Crippen LogP contribution >= 0.6 is 0 Å². The number of aliphatic hydroxyl groups is 1. The van der Waals surface area contributed by atoms with Gasteiger partial charge in [0.2, 0.25) is 0 Å². The summed E-state index contributed by atoms with van der Waals surface area (Å²) in [5.74, 6) is 2.44. The van der Waals surface area contributed by atoms with E-state index >= 15 is 0 Å². The summed E-state index contributed by atoms with van der Waals surface area (Å²) in [5.41, 5.74) is 0. The third-order valence-corrected chi connectivity index (χ3v) is 5.38. The molecule has 3 fully saturated rings. The number of hydrogen-bond acceptors (Lipinski definition) is 2. The Bertz CT molecular complexity index is 343. The third-order valence-electron chi connectivity index (χ3n) is 5.38. The number of urea groups is 1. The first-order valence-electron chi connectivity index (χ1n) is 7.87. The van der Waals surface area contributed by atoms with Crippen molar-refractivity contribution >= 4 is 6.03 Å². The van der Waals surface area contributed by atoms with Gasteiger partial charge >= 0.3 is 6.03 Å². The van der Waals surface area contributed by atoms with Crippen LogP contribution in [0.25, 0.3) is 0 Å². The molecular weight excluding hydrogens is 240 g/mol. The SMILES string of the molecule is CC(NC(=O)N(CCO)C1CC1)C1CC2CCC1C2. The van der Waals surface area contributed by atoms with E-state index in [1.54, 1.807) is 0 Å². The standard InChI is InChI=1S/C15H26N2O2/c1-10(14-9-11-2-3-12(14)8-11)16-15(19)17(6-7-18)13-4-5-13/h10-14,18H,2-9H2,1H3,(H,16,19). The Morgan fingerprint density at radius 3 is 2.63 bits per heavy atom. The third kappa shape index (κ3) is 2.73. The smallest absolute Gasteiger partial charge is 0.317 e. The molecule has 2 bridgehead atoms. The number of nitrogens with zero attached hydrogens (tertiary/aromatic N) is 1. The lowest BCUT2D eigenvalue weighted by Gasteiger charge is -2.31. The molecular formula is C15H26N2O2. The fourth-order valence-corrected chi connectivity index (χ4v) is 4.23. The number of amides is 2. The topological polar surface area (TPSA) is 52.6 Å². The fourth-order valence-electron chi connectivity index (χ4n) is 4.23. The Kier molecular flexibility index (Phi) is 3.70. The van der Waals surface area contributed by atoms with Gasteiger partial charge in [0.25, 0.3) is 0 Å². The predicted molar refractivity (Wildman–Crippen MR) is 73.7 cm³/mol. The maximum atomic E-state index is 12.3. The second kappa shape index (κ2) is 5.31. The van der Waals surface area contributed by atoms with Gasteiger partial charge in [0, 0.05) is 18.6 Å². The van der Waals surface area contributed by atoms with E-state index in [2.05, 4.69) is 12.2 Å². The lowest BCUT2D eigenvalue weighted by atomic mass is 9.84. The molecule has 0 aromatic heterocycles. The van der Waals surface area contributed by atoms with Crippen LogP contribution in [-0.4, -0.2) is 41.3 Å². The average Bonchev–Trinajstić information content (AvgIpc) is 3.00. The van der Waals surface area contributed by atoms with E-state index < -0.39 is 0 Å². The Labute approximate surface area is 115 Å². The number of rotatable bonds is 5. The number of carbonyl (C=O) groups is 1. The first-order valence-corrected chi connectivity index (χ1v) is 7.87. The fraction of sp³-hybridized carbons (Fsp3) is 0.933. The summed E-state index contributed by atoms with van der Waals surface area (Å²) in [6.45, 7) is 2.69. The van der Waals surface area contributed by atoms with E-state index in [0.717, 1.165) is 24.7 Å². The van der Waals surface area contributed by atoms with Crippen molar-refractivity contribution in [2.75, 3.05) is 13.2 Å². The first kappa shape index (κ1) is 13.2. The quantitative estimate of drug-likeness (QED) is 0.799. The van der Waals surface area contributed by atoms with Crippen molar-refractivity contribution in [3.8, 4) is 0 Å². The van der Waals surface area contributed by atoms with Gasteiger partial charge in [-0.2, -0.15) is 0 Å². The zero-order valence-corrected chi connectivity index (χ0v) is 11.8. The second-order valence-electron chi connectivity index (χ2n) is 6.73.